The van der Waals surface area contributed by atoms with E-state index in [4.69, 9.17) is 5.11 Å². The molecular weight excluding hydrogens is 194 g/mol. The highest BCUT2D eigenvalue weighted by molar-refractivity contribution is 5.92. The molecule has 2 N–H and O–H groups in total. The summed E-state index contributed by atoms with van der Waals surface area (Å²) in [6, 6.07) is 1.68. The van der Waals surface area contributed by atoms with Crippen molar-refractivity contribution in [1.82, 2.24) is 15.1 Å². The van der Waals surface area contributed by atoms with Crippen molar-refractivity contribution in [3.05, 3.63) is 18.0 Å². The molecule has 1 saturated heterocycles. The minimum atomic E-state index is 0.00735. The zero-order chi connectivity index (χ0) is 10.7. The van der Waals surface area contributed by atoms with E-state index in [-0.39, 0.29) is 12.5 Å². The fourth-order valence-electron chi connectivity index (χ4n) is 1.98. The predicted octanol–water partition coefficient (Wildman–Crippen LogP) is 0.254. The molecule has 1 aliphatic heterocycles. The van der Waals surface area contributed by atoms with Gasteiger partial charge in [-0.15, -0.1) is 0 Å². The van der Waals surface area contributed by atoms with Crippen molar-refractivity contribution >= 4 is 5.91 Å². The van der Waals surface area contributed by atoms with Gasteiger partial charge in [0.15, 0.2) is 0 Å². The zero-order valence-electron chi connectivity index (χ0n) is 8.52. The van der Waals surface area contributed by atoms with E-state index in [0.717, 1.165) is 25.9 Å². The molecule has 5 nitrogen and oxygen atoms in total. The average Bonchev–Trinajstić information content (AvgIpc) is 2.87. The zero-order valence-corrected chi connectivity index (χ0v) is 8.52. The molecule has 2 rings (SSSR count). The fraction of sp³-hybridized carbons (Fsp3) is 0.600. The number of amides is 1. The van der Waals surface area contributed by atoms with Crippen molar-refractivity contribution in [3.8, 4) is 0 Å². The lowest BCUT2D eigenvalue weighted by Gasteiger charge is -2.14. The molecule has 5 heteroatoms. The number of H-pyrrole nitrogens is 1. The molecular formula is C10H15N3O2. The number of aromatic nitrogens is 2. The second-order valence-corrected chi connectivity index (χ2v) is 3.89. The monoisotopic (exact) mass is 209 g/mol. The molecule has 1 fully saturated rings. The molecule has 1 aromatic heterocycles. The number of hydrogen-bond acceptors (Lipinski definition) is 3. The summed E-state index contributed by atoms with van der Waals surface area (Å²) in [6.45, 7) is 1.73. The highest BCUT2D eigenvalue weighted by Gasteiger charge is 2.26. The number of nitrogens with one attached hydrogen (secondary N) is 1. The normalized spacial score (nSPS) is 20.9. The lowest BCUT2D eigenvalue weighted by molar-refractivity contribution is 0.0779. The number of aromatic amines is 1. The van der Waals surface area contributed by atoms with Crippen molar-refractivity contribution in [2.75, 3.05) is 19.7 Å². The molecule has 0 bridgehead atoms. The second-order valence-electron chi connectivity index (χ2n) is 3.89. The highest BCUT2D eigenvalue weighted by Crippen LogP contribution is 2.20. The van der Waals surface area contributed by atoms with Gasteiger partial charge < -0.3 is 10.0 Å². The highest BCUT2D eigenvalue weighted by atomic mass is 16.3. The summed E-state index contributed by atoms with van der Waals surface area (Å²) < 4.78 is 0. The summed E-state index contributed by atoms with van der Waals surface area (Å²) in [5.74, 6) is 0.454. The van der Waals surface area contributed by atoms with Gasteiger partial charge >= 0.3 is 0 Å². The molecule has 0 spiro atoms. The van der Waals surface area contributed by atoms with Crippen molar-refractivity contribution in [1.29, 1.82) is 0 Å². The molecule has 1 aromatic rings. The van der Waals surface area contributed by atoms with E-state index in [1.807, 2.05) is 4.90 Å². The molecule has 1 unspecified atom stereocenters. The summed E-state index contributed by atoms with van der Waals surface area (Å²) in [6.07, 6.45) is 3.35. The van der Waals surface area contributed by atoms with Crippen LogP contribution >= 0.6 is 0 Å². The standard InChI is InChI=1S/C10H15N3O2/c14-6-3-8-2-5-13(7-8)10(15)9-1-4-11-12-9/h1,4,8,14H,2-3,5-7H2,(H,11,12). The van der Waals surface area contributed by atoms with Gasteiger partial charge in [0.2, 0.25) is 0 Å². The molecule has 1 amide bonds. The Morgan fingerprint density at radius 2 is 2.60 bits per heavy atom. The van der Waals surface area contributed by atoms with Crippen LogP contribution in [0.4, 0.5) is 0 Å². The Morgan fingerprint density at radius 3 is 3.27 bits per heavy atom. The van der Waals surface area contributed by atoms with E-state index in [9.17, 15) is 4.79 Å². The molecule has 0 radical (unpaired) electrons. The number of aliphatic hydroxyl groups is 1. The lowest BCUT2D eigenvalue weighted by Crippen LogP contribution is -2.29. The van der Waals surface area contributed by atoms with Gasteiger partial charge in [-0.2, -0.15) is 5.10 Å². The molecule has 15 heavy (non-hydrogen) atoms. The number of aliphatic hydroxyl groups excluding tert-OH is 1. The Labute approximate surface area is 88.1 Å². The van der Waals surface area contributed by atoms with Crippen LogP contribution in [0.25, 0.3) is 0 Å². The first-order valence-corrected chi connectivity index (χ1v) is 5.20. The largest absolute Gasteiger partial charge is 0.396 e. The fourth-order valence-corrected chi connectivity index (χ4v) is 1.98. The summed E-state index contributed by atoms with van der Waals surface area (Å²) in [5.41, 5.74) is 0.541. The number of likely N-dealkylation sites (tertiary alicyclic amines) is 1. The van der Waals surface area contributed by atoms with Crippen LogP contribution in [0.5, 0.6) is 0 Å². The summed E-state index contributed by atoms with van der Waals surface area (Å²) >= 11 is 0. The third kappa shape index (κ3) is 2.18. The third-order valence-electron chi connectivity index (χ3n) is 2.84. The van der Waals surface area contributed by atoms with E-state index in [2.05, 4.69) is 10.2 Å². The molecule has 1 atom stereocenters. The first-order valence-electron chi connectivity index (χ1n) is 5.20. The molecule has 1 aliphatic rings. The molecule has 0 aromatic carbocycles. The van der Waals surface area contributed by atoms with Gasteiger partial charge in [0.05, 0.1) is 0 Å². The Bertz CT molecular complexity index is 323. The predicted molar refractivity (Wildman–Crippen MR) is 54.3 cm³/mol. The van der Waals surface area contributed by atoms with Crippen LogP contribution in [0.2, 0.25) is 0 Å². The van der Waals surface area contributed by atoms with Crippen molar-refractivity contribution < 1.29 is 9.90 Å². The van der Waals surface area contributed by atoms with Gasteiger partial charge in [-0.3, -0.25) is 9.89 Å². The third-order valence-corrected chi connectivity index (χ3v) is 2.84. The van der Waals surface area contributed by atoms with Crippen LogP contribution in [0.15, 0.2) is 12.3 Å². The quantitative estimate of drug-likeness (QED) is 0.750. The van der Waals surface area contributed by atoms with E-state index in [0.29, 0.717) is 11.6 Å². The number of hydrogen-bond donors (Lipinski definition) is 2. The second kappa shape index (κ2) is 4.44. The SMILES string of the molecule is O=C(c1ccn[nH]1)N1CCC(CCO)C1. The van der Waals surface area contributed by atoms with Crippen LogP contribution in [0.1, 0.15) is 23.3 Å². The maximum Gasteiger partial charge on any atom is 0.271 e. The Kier molecular flexibility index (Phi) is 3.01. The molecule has 0 aliphatic carbocycles. The van der Waals surface area contributed by atoms with E-state index < -0.39 is 0 Å². The summed E-state index contributed by atoms with van der Waals surface area (Å²) in [4.78, 5) is 13.7. The van der Waals surface area contributed by atoms with Crippen molar-refractivity contribution in [3.63, 3.8) is 0 Å². The smallest absolute Gasteiger partial charge is 0.271 e. The Morgan fingerprint density at radius 1 is 1.73 bits per heavy atom. The average molecular weight is 209 g/mol. The summed E-state index contributed by atoms with van der Waals surface area (Å²) in [5, 5.41) is 15.2. The first-order chi connectivity index (χ1) is 7.31. The van der Waals surface area contributed by atoms with Crippen LogP contribution < -0.4 is 0 Å². The number of rotatable bonds is 3. The maximum absolute atomic E-state index is 11.9. The van der Waals surface area contributed by atoms with E-state index in [1.54, 1.807) is 12.3 Å². The van der Waals surface area contributed by atoms with E-state index in [1.165, 1.54) is 0 Å². The summed E-state index contributed by atoms with van der Waals surface area (Å²) in [7, 11) is 0. The van der Waals surface area contributed by atoms with Crippen molar-refractivity contribution in [2.24, 2.45) is 5.92 Å². The van der Waals surface area contributed by atoms with Crippen molar-refractivity contribution in [2.45, 2.75) is 12.8 Å². The lowest BCUT2D eigenvalue weighted by atomic mass is 10.1. The molecule has 2 heterocycles. The van der Waals surface area contributed by atoms with Crippen LogP contribution in [0, 0.1) is 5.92 Å². The number of carbonyl (C=O) groups excluding carboxylic acids is 1. The maximum atomic E-state index is 11.9. The van der Waals surface area contributed by atoms with Crippen LogP contribution in [-0.2, 0) is 0 Å². The molecule has 82 valence electrons. The van der Waals surface area contributed by atoms with Gasteiger partial charge in [-0.05, 0) is 24.8 Å². The van der Waals surface area contributed by atoms with E-state index >= 15 is 0 Å². The number of nitrogens with zero attached hydrogens (tertiary/aromatic N) is 2. The van der Waals surface area contributed by atoms with Crippen LogP contribution in [-0.4, -0.2) is 45.8 Å². The first kappa shape index (κ1) is 10.2. The van der Waals surface area contributed by atoms with Gasteiger partial charge in [-0.25, -0.2) is 0 Å². The minimum absolute atomic E-state index is 0.00735. The van der Waals surface area contributed by atoms with Gasteiger partial charge in [0.1, 0.15) is 5.69 Å². The van der Waals surface area contributed by atoms with Gasteiger partial charge in [-0.1, -0.05) is 0 Å². The molecule has 0 saturated carbocycles. The Balaban J connectivity index is 1.93. The minimum Gasteiger partial charge on any atom is -0.396 e. The number of carbonyl (C=O) groups is 1. The Hall–Kier alpha value is -1.36. The van der Waals surface area contributed by atoms with Crippen LogP contribution in [0.3, 0.4) is 0 Å². The van der Waals surface area contributed by atoms with Gasteiger partial charge in [0, 0.05) is 25.9 Å². The van der Waals surface area contributed by atoms with Gasteiger partial charge in [0.25, 0.3) is 5.91 Å². The topological polar surface area (TPSA) is 69.2 Å².